The van der Waals surface area contributed by atoms with E-state index < -0.39 is 5.97 Å². The van der Waals surface area contributed by atoms with E-state index in [-0.39, 0.29) is 0 Å². The first-order chi connectivity index (χ1) is 19.9. The Hall–Kier alpha value is -0.570. The van der Waals surface area contributed by atoms with Gasteiger partial charge < -0.3 is 5.11 Å². The average Bonchev–Trinajstić information content (AvgIpc) is 2.93. The number of carboxylic acid groups (broad SMARTS) is 1. The second-order valence-electron chi connectivity index (χ2n) is 13.4. The summed E-state index contributed by atoms with van der Waals surface area (Å²) in [5, 5.41) is 8.52. The number of unbranched alkanes of at least 4 members (excludes halogenated alkanes) is 25. The van der Waals surface area contributed by atoms with Crippen molar-refractivity contribution in [2.24, 2.45) is 0 Å². The third-order valence-corrected chi connectivity index (χ3v) is 8.59. The van der Waals surface area contributed by atoms with E-state index >= 15 is 0 Å². The van der Waals surface area contributed by atoms with Crippen molar-refractivity contribution in [1.82, 2.24) is 4.90 Å². The lowest BCUT2D eigenvalue weighted by Gasteiger charge is -2.30. The molecular formula is C38H79NO2. The lowest BCUT2D eigenvalue weighted by atomic mass is 10.0. The minimum absolute atomic E-state index is 0.345. The van der Waals surface area contributed by atoms with Crippen molar-refractivity contribution in [3.8, 4) is 0 Å². The van der Waals surface area contributed by atoms with Crippen LogP contribution >= 0.6 is 0 Å². The van der Waals surface area contributed by atoms with Crippen LogP contribution in [0.4, 0.5) is 0 Å². The SMILES string of the molecule is CCCCCCCCCCCCCCCCCC(=O)O.CCCCCCCCCCCCCCN(C(C)C)C(C)C. The molecule has 0 radical (unpaired) electrons. The van der Waals surface area contributed by atoms with Crippen LogP contribution in [0.3, 0.4) is 0 Å². The van der Waals surface area contributed by atoms with Gasteiger partial charge in [0.05, 0.1) is 0 Å². The van der Waals surface area contributed by atoms with E-state index in [2.05, 4.69) is 46.4 Å². The smallest absolute Gasteiger partial charge is 0.303 e. The average molecular weight is 582 g/mol. The van der Waals surface area contributed by atoms with Gasteiger partial charge in [0, 0.05) is 18.5 Å². The van der Waals surface area contributed by atoms with E-state index in [1.54, 1.807) is 0 Å². The first kappa shape index (κ1) is 42.6. The van der Waals surface area contributed by atoms with Gasteiger partial charge in [0.2, 0.25) is 0 Å². The van der Waals surface area contributed by atoms with Gasteiger partial charge in [-0.2, -0.15) is 0 Å². The van der Waals surface area contributed by atoms with Crippen LogP contribution in [0, 0.1) is 0 Å². The highest BCUT2D eigenvalue weighted by atomic mass is 16.4. The van der Waals surface area contributed by atoms with Crippen molar-refractivity contribution in [3.63, 3.8) is 0 Å². The number of hydrogen-bond acceptors (Lipinski definition) is 2. The molecule has 0 rings (SSSR count). The van der Waals surface area contributed by atoms with Crippen molar-refractivity contribution >= 4 is 5.97 Å². The predicted molar refractivity (Wildman–Crippen MR) is 185 cm³/mol. The number of carboxylic acids is 1. The molecule has 3 heteroatoms. The fraction of sp³-hybridized carbons (Fsp3) is 0.974. The highest BCUT2D eigenvalue weighted by Gasteiger charge is 2.11. The lowest BCUT2D eigenvalue weighted by Crippen LogP contribution is -2.37. The molecule has 0 aromatic heterocycles. The molecule has 0 saturated heterocycles. The number of rotatable bonds is 31. The molecule has 0 spiro atoms. The fourth-order valence-electron chi connectivity index (χ4n) is 5.90. The summed E-state index contributed by atoms with van der Waals surface area (Å²) in [4.78, 5) is 13.0. The molecule has 0 bridgehead atoms. The maximum Gasteiger partial charge on any atom is 0.303 e. The molecule has 0 unspecified atom stereocenters. The molecule has 0 aliphatic carbocycles. The standard InChI is InChI=1S/C20H43N.C18H36O2/c1-6-7-8-9-10-11-12-13-14-15-16-17-18-21(19(2)3)20(4)5;1-2-3-4-5-6-7-8-9-10-11-12-13-14-15-16-17-18(19)20/h19-20H,6-18H2,1-5H3;2-17H2,1H3,(H,19,20). The summed E-state index contributed by atoms with van der Waals surface area (Å²) < 4.78 is 0. The van der Waals surface area contributed by atoms with E-state index in [0.29, 0.717) is 18.5 Å². The first-order valence-electron chi connectivity index (χ1n) is 18.8. The van der Waals surface area contributed by atoms with E-state index in [1.165, 1.54) is 167 Å². The van der Waals surface area contributed by atoms with Crippen LogP contribution in [0.1, 0.15) is 221 Å². The normalized spacial score (nSPS) is 11.4. The topological polar surface area (TPSA) is 40.5 Å². The summed E-state index contributed by atoms with van der Waals surface area (Å²) in [7, 11) is 0. The monoisotopic (exact) mass is 582 g/mol. The van der Waals surface area contributed by atoms with Crippen LogP contribution in [0.15, 0.2) is 0 Å². The third-order valence-electron chi connectivity index (χ3n) is 8.59. The molecule has 248 valence electrons. The molecule has 41 heavy (non-hydrogen) atoms. The Labute approximate surface area is 260 Å². The van der Waals surface area contributed by atoms with E-state index in [1.807, 2.05) is 0 Å². The molecule has 0 aromatic rings. The zero-order chi connectivity index (χ0) is 30.8. The molecule has 0 saturated carbocycles. The maximum atomic E-state index is 10.3. The van der Waals surface area contributed by atoms with Crippen molar-refractivity contribution in [1.29, 1.82) is 0 Å². The highest BCUT2D eigenvalue weighted by Crippen LogP contribution is 2.15. The van der Waals surface area contributed by atoms with Gasteiger partial charge in [-0.25, -0.2) is 0 Å². The van der Waals surface area contributed by atoms with Gasteiger partial charge in [0.15, 0.2) is 0 Å². The number of aliphatic carboxylic acids is 1. The van der Waals surface area contributed by atoms with Crippen LogP contribution < -0.4 is 0 Å². The van der Waals surface area contributed by atoms with Gasteiger partial charge >= 0.3 is 5.97 Å². The summed E-state index contributed by atoms with van der Waals surface area (Å²) in [6.45, 7) is 15.1. The molecule has 0 heterocycles. The van der Waals surface area contributed by atoms with Crippen LogP contribution in [-0.2, 0) is 4.79 Å². The van der Waals surface area contributed by atoms with Gasteiger partial charge in [0.25, 0.3) is 0 Å². The Kier molecular flexibility index (Phi) is 37.0. The summed E-state index contributed by atoms with van der Waals surface area (Å²) in [6.07, 6.45) is 37.5. The van der Waals surface area contributed by atoms with Crippen molar-refractivity contribution in [2.45, 2.75) is 233 Å². The van der Waals surface area contributed by atoms with Crippen LogP contribution in [0.2, 0.25) is 0 Å². The second kappa shape index (κ2) is 35.6. The molecule has 0 aliphatic rings. The fourth-order valence-corrected chi connectivity index (χ4v) is 5.90. The second-order valence-corrected chi connectivity index (χ2v) is 13.4. The Morgan fingerprint density at radius 1 is 0.439 bits per heavy atom. The highest BCUT2D eigenvalue weighted by molar-refractivity contribution is 5.66. The predicted octanol–water partition coefficient (Wildman–Crippen LogP) is 13.1. The van der Waals surface area contributed by atoms with Gasteiger partial charge in [-0.1, -0.05) is 174 Å². The van der Waals surface area contributed by atoms with Gasteiger partial charge in [-0.3, -0.25) is 9.69 Å². The molecule has 0 amide bonds. The Bertz CT molecular complexity index is 483. The molecular weight excluding hydrogens is 502 g/mol. The lowest BCUT2D eigenvalue weighted by molar-refractivity contribution is -0.137. The number of nitrogens with zero attached hydrogens (tertiary/aromatic N) is 1. The minimum Gasteiger partial charge on any atom is -0.481 e. The van der Waals surface area contributed by atoms with Crippen molar-refractivity contribution in [3.05, 3.63) is 0 Å². The van der Waals surface area contributed by atoms with Crippen LogP contribution in [-0.4, -0.2) is 34.6 Å². The molecule has 0 aromatic carbocycles. The quantitative estimate of drug-likeness (QED) is 0.0828. The Morgan fingerprint density at radius 2 is 0.683 bits per heavy atom. The van der Waals surface area contributed by atoms with E-state index in [0.717, 1.165) is 12.8 Å². The van der Waals surface area contributed by atoms with Gasteiger partial charge in [0.1, 0.15) is 0 Å². The Balaban J connectivity index is 0. The minimum atomic E-state index is -0.653. The number of hydrogen-bond donors (Lipinski definition) is 1. The van der Waals surface area contributed by atoms with Crippen molar-refractivity contribution < 1.29 is 9.90 Å². The molecule has 0 aliphatic heterocycles. The van der Waals surface area contributed by atoms with Crippen LogP contribution in [0.25, 0.3) is 0 Å². The zero-order valence-corrected chi connectivity index (χ0v) is 29.5. The largest absolute Gasteiger partial charge is 0.481 e. The molecule has 3 nitrogen and oxygen atoms in total. The summed E-state index contributed by atoms with van der Waals surface area (Å²) in [5.41, 5.74) is 0. The zero-order valence-electron chi connectivity index (χ0n) is 29.5. The summed E-state index contributed by atoms with van der Waals surface area (Å²) in [6, 6.07) is 1.38. The van der Waals surface area contributed by atoms with Gasteiger partial charge in [-0.15, -0.1) is 0 Å². The maximum absolute atomic E-state index is 10.3. The first-order valence-corrected chi connectivity index (χ1v) is 18.8. The van der Waals surface area contributed by atoms with E-state index in [9.17, 15) is 4.79 Å². The van der Waals surface area contributed by atoms with Crippen LogP contribution in [0.5, 0.6) is 0 Å². The third kappa shape index (κ3) is 37.4. The Morgan fingerprint density at radius 3 is 0.927 bits per heavy atom. The molecule has 0 fully saturated rings. The molecule has 1 N–H and O–H groups in total. The van der Waals surface area contributed by atoms with Crippen molar-refractivity contribution in [2.75, 3.05) is 6.54 Å². The van der Waals surface area contributed by atoms with Gasteiger partial charge in [-0.05, 0) is 47.1 Å². The summed E-state index contributed by atoms with van der Waals surface area (Å²) >= 11 is 0. The summed E-state index contributed by atoms with van der Waals surface area (Å²) in [5.74, 6) is -0.653. The molecule has 0 atom stereocenters. The number of carbonyl (C=O) groups is 1. The van der Waals surface area contributed by atoms with E-state index in [4.69, 9.17) is 5.11 Å².